The van der Waals surface area contributed by atoms with Gasteiger partial charge in [0.15, 0.2) is 11.5 Å². The van der Waals surface area contributed by atoms with Crippen LogP contribution in [0, 0.1) is 0 Å². The third-order valence-electron chi connectivity index (χ3n) is 5.93. The Labute approximate surface area is 218 Å². The SMILES string of the molecule is CCCOc1ccc(C(O)=C2C(=O)C(=O)N(CCCOC)C2c2ccc(OCCC)c(OCC)c2)cc1. The lowest BCUT2D eigenvalue weighted by atomic mass is 9.95. The fourth-order valence-electron chi connectivity index (χ4n) is 4.22. The van der Waals surface area contributed by atoms with Crippen molar-refractivity contribution >= 4 is 17.4 Å². The molecule has 1 aliphatic rings. The van der Waals surface area contributed by atoms with Gasteiger partial charge in [-0.05, 0) is 68.1 Å². The molecule has 0 spiro atoms. The smallest absolute Gasteiger partial charge is 0.295 e. The van der Waals surface area contributed by atoms with E-state index in [1.807, 2.05) is 26.8 Å². The summed E-state index contributed by atoms with van der Waals surface area (Å²) in [4.78, 5) is 27.9. The van der Waals surface area contributed by atoms with Crippen LogP contribution in [-0.4, -0.2) is 61.8 Å². The number of amides is 1. The monoisotopic (exact) mass is 511 g/mol. The average Bonchev–Trinajstić information content (AvgIpc) is 3.16. The molecular weight excluding hydrogens is 474 g/mol. The van der Waals surface area contributed by atoms with Crippen LogP contribution in [0.15, 0.2) is 48.0 Å². The van der Waals surface area contributed by atoms with Gasteiger partial charge in [-0.1, -0.05) is 19.9 Å². The number of Topliss-reactive ketones (excluding diaryl/α,β-unsaturated/α-hetero) is 1. The molecular formula is C29H37NO7. The zero-order valence-electron chi connectivity index (χ0n) is 22.1. The molecule has 8 heteroatoms. The number of aliphatic hydroxyl groups excluding tert-OH is 1. The zero-order valence-corrected chi connectivity index (χ0v) is 22.1. The predicted molar refractivity (Wildman–Crippen MR) is 141 cm³/mol. The molecule has 1 saturated heterocycles. The number of hydrogen-bond acceptors (Lipinski definition) is 7. The van der Waals surface area contributed by atoms with E-state index >= 15 is 0 Å². The molecule has 1 heterocycles. The van der Waals surface area contributed by atoms with Gasteiger partial charge in [-0.25, -0.2) is 0 Å². The van der Waals surface area contributed by atoms with E-state index in [0.717, 1.165) is 12.8 Å². The molecule has 1 aliphatic heterocycles. The van der Waals surface area contributed by atoms with E-state index in [1.165, 1.54) is 4.90 Å². The number of hydrogen-bond donors (Lipinski definition) is 1. The molecule has 1 atom stereocenters. The summed E-state index contributed by atoms with van der Waals surface area (Å²) in [7, 11) is 1.59. The van der Waals surface area contributed by atoms with E-state index in [4.69, 9.17) is 18.9 Å². The van der Waals surface area contributed by atoms with Crippen molar-refractivity contribution in [2.24, 2.45) is 0 Å². The molecule has 2 aromatic carbocycles. The number of carbonyl (C=O) groups excluding carboxylic acids is 2. The first-order valence-electron chi connectivity index (χ1n) is 12.9. The van der Waals surface area contributed by atoms with Gasteiger partial charge >= 0.3 is 0 Å². The minimum Gasteiger partial charge on any atom is -0.507 e. The molecule has 3 rings (SSSR count). The molecule has 37 heavy (non-hydrogen) atoms. The third kappa shape index (κ3) is 6.63. The highest BCUT2D eigenvalue weighted by atomic mass is 16.5. The van der Waals surface area contributed by atoms with Crippen molar-refractivity contribution in [2.45, 2.75) is 46.1 Å². The summed E-state index contributed by atoms with van der Waals surface area (Å²) in [6.07, 6.45) is 2.26. The van der Waals surface area contributed by atoms with Gasteiger partial charge < -0.3 is 29.0 Å². The maximum Gasteiger partial charge on any atom is 0.295 e. The number of rotatable bonds is 14. The maximum absolute atomic E-state index is 13.3. The number of aliphatic hydroxyl groups is 1. The molecule has 1 unspecified atom stereocenters. The van der Waals surface area contributed by atoms with Crippen molar-refractivity contribution < 1.29 is 33.6 Å². The fraction of sp³-hybridized carbons (Fsp3) is 0.448. The Morgan fingerprint density at radius 2 is 1.59 bits per heavy atom. The standard InChI is InChI=1S/C29H37NO7/c1-5-16-36-22-12-9-20(10-13-22)27(31)25-26(30(15-8-18-34-4)29(33)28(25)32)21-11-14-23(37-17-6-2)24(19-21)35-7-3/h9-14,19,26,31H,5-8,15-18H2,1-4H3. The number of methoxy groups -OCH3 is 1. The van der Waals surface area contributed by atoms with Crippen LogP contribution in [0.5, 0.6) is 17.2 Å². The van der Waals surface area contributed by atoms with Crippen molar-refractivity contribution in [3.05, 3.63) is 59.2 Å². The topological polar surface area (TPSA) is 94.5 Å². The van der Waals surface area contributed by atoms with Gasteiger partial charge in [0.1, 0.15) is 11.5 Å². The second-order valence-corrected chi connectivity index (χ2v) is 8.70. The number of nitrogens with zero attached hydrogens (tertiary/aromatic N) is 1. The van der Waals surface area contributed by atoms with Crippen molar-refractivity contribution in [1.29, 1.82) is 0 Å². The lowest BCUT2D eigenvalue weighted by Gasteiger charge is -2.26. The summed E-state index contributed by atoms with van der Waals surface area (Å²) in [6.45, 7) is 8.18. The summed E-state index contributed by atoms with van der Waals surface area (Å²) < 4.78 is 22.4. The van der Waals surface area contributed by atoms with Gasteiger partial charge in [0, 0.05) is 25.8 Å². The van der Waals surface area contributed by atoms with Crippen LogP contribution < -0.4 is 14.2 Å². The van der Waals surface area contributed by atoms with Crippen molar-refractivity contribution in [1.82, 2.24) is 4.90 Å². The Morgan fingerprint density at radius 1 is 0.892 bits per heavy atom. The number of ketones is 1. The van der Waals surface area contributed by atoms with Crippen LogP contribution in [0.2, 0.25) is 0 Å². The molecule has 1 amide bonds. The largest absolute Gasteiger partial charge is 0.507 e. The van der Waals surface area contributed by atoms with E-state index in [2.05, 4.69) is 0 Å². The lowest BCUT2D eigenvalue weighted by molar-refractivity contribution is -0.140. The van der Waals surface area contributed by atoms with Gasteiger partial charge in [0.25, 0.3) is 11.7 Å². The first kappa shape index (κ1) is 28.1. The predicted octanol–water partition coefficient (Wildman–Crippen LogP) is 5.12. The van der Waals surface area contributed by atoms with E-state index in [1.54, 1.807) is 43.5 Å². The van der Waals surface area contributed by atoms with Crippen LogP contribution in [0.25, 0.3) is 5.76 Å². The summed E-state index contributed by atoms with van der Waals surface area (Å²) in [5, 5.41) is 11.3. The summed E-state index contributed by atoms with van der Waals surface area (Å²) in [5.74, 6) is 0.160. The second-order valence-electron chi connectivity index (χ2n) is 8.70. The van der Waals surface area contributed by atoms with Crippen LogP contribution in [0.4, 0.5) is 0 Å². The number of ether oxygens (including phenoxy) is 4. The van der Waals surface area contributed by atoms with Gasteiger partial charge in [-0.15, -0.1) is 0 Å². The normalized spacial score (nSPS) is 16.8. The van der Waals surface area contributed by atoms with Gasteiger partial charge in [-0.3, -0.25) is 9.59 Å². The van der Waals surface area contributed by atoms with E-state index in [0.29, 0.717) is 67.8 Å². The minimum atomic E-state index is -0.785. The zero-order chi connectivity index (χ0) is 26.8. The Morgan fingerprint density at radius 3 is 2.24 bits per heavy atom. The van der Waals surface area contributed by atoms with Crippen LogP contribution >= 0.6 is 0 Å². The average molecular weight is 512 g/mol. The van der Waals surface area contributed by atoms with Crippen molar-refractivity contribution in [3.8, 4) is 17.2 Å². The molecule has 8 nitrogen and oxygen atoms in total. The molecule has 1 N–H and O–H groups in total. The highest BCUT2D eigenvalue weighted by Crippen LogP contribution is 2.42. The molecule has 0 aromatic heterocycles. The highest BCUT2D eigenvalue weighted by molar-refractivity contribution is 6.46. The van der Waals surface area contributed by atoms with E-state index < -0.39 is 17.7 Å². The highest BCUT2D eigenvalue weighted by Gasteiger charge is 2.46. The maximum atomic E-state index is 13.3. The molecule has 1 fully saturated rings. The molecule has 200 valence electrons. The number of carbonyl (C=O) groups is 2. The summed E-state index contributed by atoms with van der Waals surface area (Å²) in [5.41, 5.74) is 1.11. The van der Waals surface area contributed by atoms with Gasteiger partial charge in [0.2, 0.25) is 0 Å². The first-order chi connectivity index (χ1) is 18.0. The summed E-state index contributed by atoms with van der Waals surface area (Å²) in [6, 6.07) is 11.4. The Hall–Kier alpha value is -3.52. The lowest BCUT2D eigenvalue weighted by Crippen LogP contribution is -2.31. The second kappa shape index (κ2) is 13.7. The van der Waals surface area contributed by atoms with Gasteiger partial charge in [0.05, 0.1) is 31.4 Å². The van der Waals surface area contributed by atoms with Gasteiger partial charge in [-0.2, -0.15) is 0 Å². The Kier molecular flexibility index (Phi) is 10.4. The van der Waals surface area contributed by atoms with Crippen molar-refractivity contribution in [3.63, 3.8) is 0 Å². The Bertz CT molecular complexity index is 1090. The molecule has 0 saturated carbocycles. The molecule has 2 aromatic rings. The minimum absolute atomic E-state index is 0.0364. The molecule has 0 bridgehead atoms. The van der Waals surface area contributed by atoms with Crippen LogP contribution in [0.1, 0.15) is 57.2 Å². The first-order valence-corrected chi connectivity index (χ1v) is 12.9. The number of likely N-dealkylation sites (tertiary alicyclic amines) is 1. The molecule has 0 radical (unpaired) electrons. The quantitative estimate of drug-likeness (QED) is 0.163. The number of benzene rings is 2. The van der Waals surface area contributed by atoms with Crippen LogP contribution in [-0.2, 0) is 14.3 Å². The Balaban J connectivity index is 2.08. The van der Waals surface area contributed by atoms with E-state index in [-0.39, 0.29) is 11.3 Å². The fourth-order valence-corrected chi connectivity index (χ4v) is 4.22. The summed E-state index contributed by atoms with van der Waals surface area (Å²) >= 11 is 0. The third-order valence-corrected chi connectivity index (χ3v) is 5.93. The molecule has 0 aliphatic carbocycles. The van der Waals surface area contributed by atoms with Crippen LogP contribution in [0.3, 0.4) is 0 Å². The van der Waals surface area contributed by atoms with E-state index in [9.17, 15) is 14.7 Å². The van der Waals surface area contributed by atoms with Crippen molar-refractivity contribution in [2.75, 3.05) is 40.1 Å².